The normalized spacial score (nSPS) is 18.2. The average Bonchev–Trinajstić information content (AvgIpc) is 2.60. The summed E-state index contributed by atoms with van der Waals surface area (Å²) in [5.41, 5.74) is -0.191. The highest BCUT2D eigenvalue weighted by Crippen LogP contribution is 2.38. The predicted octanol–water partition coefficient (Wildman–Crippen LogP) is 3.47. The number of alkyl halides is 3. The highest BCUT2D eigenvalue weighted by Gasteiger charge is 2.39. The van der Waals surface area contributed by atoms with E-state index >= 15 is 0 Å². The first-order valence-electron chi connectivity index (χ1n) is 8.85. The number of nitrogens with zero attached hydrogens (tertiary/aromatic N) is 1. The molecule has 0 radical (unpaired) electrons. The number of nitrogens with one attached hydrogen (secondary N) is 1. The van der Waals surface area contributed by atoms with Crippen LogP contribution in [0.3, 0.4) is 0 Å². The van der Waals surface area contributed by atoms with E-state index in [9.17, 15) is 23.1 Å². The van der Waals surface area contributed by atoms with Crippen molar-refractivity contribution in [2.45, 2.75) is 57.7 Å². The Morgan fingerprint density at radius 2 is 2.08 bits per heavy atom. The molecule has 146 valence electrons. The standard InChI is InChI=1S/C18H25F3N2O3/c1-13(18(19,20)21)26-16-14(6-5-10-22-16)15(25)23-12-17(9-11-24)7-3-2-4-8-17/h5-6,10,13,24H,2-4,7-9,11-12H2,1H3,(H,23,25)/t13-/m0/s1. The second kappa shape index (κ2) is 8.70. The molecule has 2 rings (SSSR count). The SMILES string of the molecule is C[C@H](Oc1ncccc1C(=O)NCC1(CCO)CCCCC1)C(F)(F)F. The van der Waals surface area contributed by atoms with E-state index in [2.05, 4.69) is 10.3 Å². The first-order valence-corrected chi connectivity index (χ1v) is 8.85. The van der Waals surface area contributed by atoms with Gasteiger partial charge in [0.15, 0.2) is 6.10 Å². The van der Waals surface area contributed by atoms with Gasteiger partial charge in [0.2, 0.25) is 5.88 Å². The van der Waals surface area contributed by atoms with Gasteiger partial charge in [-0.15, -0.1) is 0 Å². The largest absolute Gasteiger partial charge is 0.464 e. The lowest BCUT2D eigenvalue weighted by atomic mass is 9.72. The number of amides is 1. The maximum atomic E-state index is 12.7. The van der Waals surface area contributed by atoms with Crippen molar-refractivity contribution < 1.29 is 27.8 Å². The van der Waals surface area contributed by atoms with E-state index in [4.69, 9.17) is 4.74 Å². The molecule has 0 aliphatic heterocycles. The van der Waals surface area contributed by atoms with Gasteiger partial charge in [-0.2, -0.15) is 13.2 Å². The number of rotatable bonds is 7. The van der Waals surface area contributed by atoms with Crippen molar-refractivity contribution in [3.8, 4) is 5.88 Å². The zero-order valence-corrected chi connectivity index (χ0v) is 14.8. The lowest BCUT2D eigenvalue weighted by Gasteiger charge is -2.37. The predicted molar refractivity (Wildman–Crippen MR) is 89.9 cm³/mol. The number of hydrogen-bond donors (Lipinski definition) is 2. The van der Waals surface area contributed by atoms with Crippen LogP contribution in [0.4, 0.5) is 13.2 Å². The number of hydrogen-bond acceptors (Lipinski definition) is 4. The Morgan fingerprint density at radius 3 is 2.69 bits per heavy atom. The van der Waals surface area contributed by atoms with Crippen LogP contribution < -0.4 is 10.1 Å². The molecule has 1 saturated carbocycles. The molecule has 0 aromatic carbocycles. The van der Waals surface area contributed by atoms with Gasteiger partial charge >= 0.3 is 6.18 Å². The lowest BCUT2D eigenvalue weighted by molar-refractivity contribution is -0.190. The first-order chi connectivity index (χ1) is 12.3. The quantitative estimate of drug-likeness (QED) is 0.767. The minimum atomic E-state index is -4.54. The van der Waals surface area contributed by atoms with E-state index in [0.29, 0.717) is 13.0 Å². The Bertz CT molecular complexity index is 596. The summed E-state index contributed by atoms with van der Waals surface area (Å²) in [6, 6.07) is 2.87. The molecular formula is C18H25F3N2O3. The van der Waals surface area contributed by atoms with Crippen LogP contribution in [0.1, 0.15) is 55.8 Å². The molecule has 5 nitrogen and oxygen atoms in total. The van der Waals surface area contributed by atoms with Crippen LogP contribution in [0.15, 0.2) is 18.3 Å². The molecule has 1 aliphatic rings. The molecule has 26 heavy (non-hydrogen) atoms. The molecule has 0 unspecified atom stereocenters. The maximum Gasteiger partial charge on any atom is 0.425 e. The van der Waals surface area contributed by atoms with Crippen molar-refractivity contribution in [3.05, 3.63) is 23.9 Å². The molecule has 1 amide bonds. The maximum absolute atomic E-state index is 12.7. The Hall–Kier alpha value is -1.83. The van der Waals surface area contributed by atoms with Crippen LogP contribution in [0.5, 0.6) is 5.88 Å². The number of carbonyl (C=O) groups excluding carboxylic acids is 1. The molecule has 1 atom stereocenters. The molecular weight excluding hydrogens is 349 g/mol. The smallest absolute Gasteiger partial charge is 0.425 e. The minimum absolute atomic E-state index is 0.0291. The summed E-state index contributed by atoms with van der Waals surface area (Å²) in [7, 11) is 0. The Kier molecular flexibility index (Phi) is 6.86. The second-order valence-electron chi connectivity index (χ2n) is 6.87. The van der Waals surface area contributed by atoms with Crippen LogP contribution in [0, 0.1) is 5.41 Å². The summed E-state index contributed by atoms with van der Waals surface area (Å²) in [6.07, 6.45) is 0.307. The van der Waals surface area contributed by atoms with Gasteiger partial charge < -0.3 is 15.2 Å². The number of aromatic nitrogens is 1. The van der Waals surface area contributed by atoms with Gasteiger partial charge in [-0.1, -0.05) is 19.3 Å². The Labute approximate surface area is 151 Å². The highest BCUT2D eigenvalue weighted by molar-refractivity contribution is 5.96. The van der Waals surface area contributed by atoms with Gasteiger partial charge in [-0.25, -0.2) is 4.98 Å². The number of halogens is 3. The number of ether oxygens (including phenoxy) is 1. The molecule has 8 heteroatoms. The van der Waals surface area contributed by atoms with Crippen molar-refractivity contribution in [2.75, 3.05) is 13.2 Å². The van der Waals surface area contributed by atoms with Gasteiger partial charge in [-0.3, -0.25) is 4.79 Å². The van der Waals surface area contributed by atoms with E-state index in [1.807, 2.05) is 0 Å². The van der Waals surface area contributed by atoms with E-state index in [1.165, 1.54) is 18.3 Å². The second-order valence-corrected chi connectivity index (χ2v) is 6.87. The fourth-order valence-corrected chi connectivity index (χ4v) is 3.31. The number of carbonyl (C=O) groups is 1. The van der Waals surface area contributed by atoms with Crippen molar-refractivity contribution in [1.82, 2.24) is 10.3 Å². The average molecular weight is 374 g/mol. The van der Waals surface area contributed by atoms with Gasteiger partial charge in [0.25, 0.3) is 5.91 Å². The van der Waals surface area contributed by atoms with E-state index in [-0.39, 0.29) is 23.5 Å². The summed E-state index contributed by atoms with van der Waals surface area (Å²) in [5, 5.41) is 12.1. The molecule has 2 N–H and O–H groups in total. The van der Waals surface area contributed by atoms with E-state index < -0.39 is 18.2 Å². The van der Waals surface area contributed by atoms with Crippen molar-refractivity contribution in [2.24, 2.45) is 5.41 Å². The highest BCUT2D eigenvalue weighted by atomic mass is 19.4. The fourth-order valence-electron chi connectivity index (χ4n) is 3.31. The van der Waals surface area contributed by atoms with Gasteiger partial charge in [0.05, 0.1) is 0 Å². The summed E-state index contributed by atoms with van der Waals surface area (Å²) in [4.78, 5) is 16.3. The van der Waals surface area contributed by atoms with Crippen LogP contribution >= 0.6 is 0 Å². The van der Waals surface area contributed by atoms with Crippen molar-refractivity contribution in [1.29, 1.82) is 0 Å². The monoisotopic (exact) mass is 374 g/mol. The number of aliphatic hydroxyl groups excluding tert-OH is 1. The van der Waals surface area contributed by atoms with Crippen LogP contribution in [-0.4, -0.2) is 41.4 Å². The van der Waals surface area contributed by atoms with Crippen LogP contribution in [0.2, 0.25) is 0 Å². The zero-order valence-electron chi connectivity index (χ0n) is 14.8. The summed E-state index contributed by atoms with van der Waals surface area (Å²) in [6.45, 7) is 1.28. The molecule has 1 fully saturated rings. The third kappa shape index (κ3) is 5.33. The number of pyridine rings is 1. The minimum Gasteiger partial charge on any atom is -0.464 e. The van der Waals surface area contributed by atoms with E-state index in [1.54, 1.807) is 0 Å². The van der Waals surface area contributed by atoms with Crippen LogP contribution in [-0.2, 0) is 0 Å². The lowest BCUT2D eigenvalue weighted by Crippen LogP contribution is -2.40. The summed E-state index contributed by atoms with van der Waals surface area (Å²) in [5.74, 6) is -0.861. The molecule has 1 aliphatic carbocycles. The Balaban J connectivity index is 2.07. The molecule has 0 spiro atoms. The molecule has 1 aromatic heterocycles. The summed E-state index contributed by atoms with van der Waals surface area (Å²) >= 11 is 0. The molecule has 0 bridgehead atoms. The van der Waals surface area contributed by atoms with Gasteiger partial charge in [-0.05, 0) is 43.7 Å². The van der Waals surface area contributed by atoms with Crippen molar-refractivity contribution >= 4 is 5.91 Å². The molecule has 0 saturated heterocycles. The molecule has 1 heterocycles. The zero-order chi connectivity index (χ0) is 19.2. The van der Waals surface area contributed by atoms with Gasteiger partial charge in [0.1, 0.15) is 5.56 Å². The fraction of sp³-hybridized carbons (Fsp3) is 0.667. The first kappa shape index (κ1) is 20.5. The number of aliphatic hydroxyl groups is 1. The van der Waals surface area contributed by atoms with Gasteiger partial charge in [0, 0.05) is 19.3 Å². The summed E-state index contributed by atoms with van der Waals surface area (Å²) < 4.78 is 43.0. The van der Waals surface area contributed by atoms with Crippen LogP contribution in [0.25, 0.3) is 0 Å². The van der Waals surface area contributed by atoms with Crippen molar-refractivity contribution in [3.63, 3.8) is 0 Å². The topological polar surface area (TPSA) is 71.5 Å². The van der Waals surface area contributed by atoms with E-state index in [0.717, 1.165) is 39.0 Å². The molecule has 1 aromatic rings. The third-order valence-corrected chi connectivity index (χ3v) is 4.95. The Morgan fingerprint density at radius 1 is 1.38 bits per heavy atom. The third-order valence-electron chi connectivity index (χ3n) is 4.95.